The molecule has 2 aromatic rings. The number of hydrogen-bond donors (Lipinski definition) is 0. The molecule has 0 aliphatic rings. The van der Waals surface area contributed by atoms with Crippen molar-refractivity contribution in [2.45, 2.75) is 0 Å². The van der Waals surface area contributed by atoms with Gasteiger partial charge in [0, 0.05) is 3.57 Å². The Hall–Kier alpha value is -1.08. The summed E-state index contributed by atoms with van der Waals surface area (Å²) in [6.07, 6.45) is 0. The molecule has 0 fully saturated rings. The SMILES string of the molecule is N#Cc1cc2ccccc2cc1I. The highest BCUT2D eigenvalue weighted by Gasteiger charge is 2.00. The van der Waals surface area contributed by atoms with Crippen LogP contribution in [0.2, 0.25) is 0 Å². The first-order chi connectivity index (χ1) is 6.31. The highest BCUT2D eigenvalue weighted by Crippen LogP contribution is 2.20. The van der Waals surface area contributed by atoms with Gasteiger partial charge in [0.2, 0.25) is 0 Å². The highest BCUT2D eigenvalue weighted by atomic mass is 127. The van der Waals surface area contributed by atoms with Crippen LogP contribution < -0.4 is 0 Å². The molecule has 62 valence electrons. The first kappa shape index (κ1) is 8.52. The number of rotatable bonds is 0. The average Bonchev–Trinajstić information content (AvgIpc) is 2.17. The smallest absolute Gasteiger partial charge is 0.100 e. The Morgan fingerprint density at radius 2 is 1.69 bits per heavy atom. The van der Waals surface area contributed by atoms with Gasteiger partial charge in [-0.25, -0.2) is 0 Å². The largest absolute Gasteiger partial charge is 0.192 e. The van der Waals surface area contributed by atoms with Crippen molar-refractivity contribution in [2.24, 2.45) is 0 Å². The van der Waals surface area contributed by atoms with Crippen molar-refractivity contribution in [3.05, 3.63) is 45.5 Å². The van der Waals surface area contributed by atoms with Gasteiger partial charge in [-0.2, -0.15) is 5.26 Å². The summed E-state index contributed by atoms with van der Waals surface area (Å²) in [5.74, 6) is 0. The fraction of sp³-hybridized carbons (Fsp3) is 0. The van der Waals surface area contributed by atoms with Crippen LogP contribution in [0.4, 0.5) is 0 Å². The Morgan fingerprint density at radius 1 is 1.08 bits per heavy atom. The first-order valence-corrected chi connectivity index (χ1v) is 4.97. The van der Waals surface area contributed by atoms with Crippen molar-refractivity contribution in [2.75, 3.05) is 0 Å². The van der Waals surface area contributed by atoms with Crippen LogP contribution in [-0.2, 0) is 0 Å². The molecule has 0 amide bonds. The normalized spacial score (nSPS) is 9.85. The molecule has 0 N–H and O–H groups in total. The molecule has 1 nitrogen and oxygen atoms in total. The zero-order valence-corrected chi connectivity index (χ0v) is 8.95. The number of halogens is 1. The van der Waals surface area contributed by atoms with Crippen molar-refractivity contribution in [3.8, 4) is 6.07 Å². The molecule has 0 aliphatic carbocycles. The molecule has 2 aromatic carbocycles. The van der Waals surface area contributed by atoms with Gasteiger partial charge in [-0.3, -0.25) is 0 Å². The Morgan fingerprint density at radius 3 is 2.31 bits per heavy atom. The van der Waals surface area contributed by atoms with Crippen molar-refractivity contribution in [1.29, 1.82) is 5.26 Å². The zero-order chi connectivity index (χ0) is 9.26. The van der Waals surface area contributed by atoms with E-state index in [1.165, 1.54) is 5.39 Å². The molecule has 0 bridgehead atoms. The van der Waals surface area contributed by atoms with Crippen LogP contribution in [-0.4, -0.2) is 0 Å². The second kappa shape index (κ2) is 3.35. The van der Waals surface area contributed by atoms with E-state index in [0.717, 1.165) is 14.5 Å². The third-order valence-corrected chi connectivity index (χ3v) is 2.85. The van der Waals surface area contributed by atoms with Crippen molar-refractivity contribution in [3.63, 3.8) is 0 Å². The van der Waals surface area contributed by atoms with E-state index in [1.54, 1.807) is 0 Å². The highest BCUT2D eigenvalue weighted by molar-refractivity contribution is 14.1. The van der Waals surface area contributed by atoms with E-state index in [9.17, 15) is 0 Å². The van der Waals surface area contributed by atoms with Gasteiger partial charge in [0.25, 0.3) is 0 Å². The van der Waals surface area contributed by atoms with Gasteiger partial charge >= 0.3 is 0 Å². The summed E-state index contributed by atoms with van der Waals surface area (Å²) in [6, 6.07) is 14.2. The van der Waals surface area contributed by atoms with Gasteiger partial charge in [-0.15, -0.1) is 0 Å². The minimum absolute atomic E-state index is 0.749. The van der Waals surface area contributed by atoms with Crippen LogP contribution >= 0.6 is 22.6 Å². The van der Waals surface area contributed by atoms with E-state index < -0.39 is 0 Å². The summed E-state index contributed by atoms with van der Waals surface area (Å²) in [5.41, 5.74) is 0.749. The van der Waals surface area contributed by atoms with Gasteiger partial charge in [-0.05, 0) is 45.5 Å². The molecule has 0 atom stereocenters. The number of fused-ring (bicyclic) bond motifs is 1. The Labute approximate surface area is 90.1 Å². The van der Waals surface area contributed by atoms with Crippen LogP contribution in [0.25, 0.3) is 10.8 Å². The fourth-order valence-electron chi connectivity index (χ4n) is 1.30. The number of nitrogens with zero attached hydrogens (tertiary/aromatic N) is 1. The number of benzene rings is 2. The quantitative estimate of drug-likeness (QED) is 0.679. The van der Waals surface area contributed by atoms with Crippen molar-refractivity contribution < 1.29 is 0 Å². The Balaban J connectivity index is 2.83. The maximum Gasteiger partial charge on any atom is 0.100 e. The molecule has 0 spiro atoms. The Bertz CT molecular complexity index is 497. The lowest BCUT2D eigenvalue weighted by Crippen LogP contribution is -1.81. The molecule has 0 unspecified atom stereocenters. The second-order valence-electron chi connectivity index (χ2n) is 2.79. The van der Waals surface area contributed by atoms with Gasteiger partial charge in [0.05, 0.1) is 5.56 Å². The summed E-state index contributed by atoms with van der Waals surface area (Å²) in [7, 11) is 0. The van der Waals surface area contributed by atoms with E-state index in [0.29, 0.717) is 0 Å². The second-order valence-corrected chi connectivity index (χ2v) is 3.95. The summed E-state index contributed by atoms with van der Waals surface area (Å²) in [4.78, 5) is 0. The lowest BCUT2D eigenvalue weighted by Gasteiger charge is -1.99. The summed E-state index contributed by atoms with van der Waals surface area (Å²) in [5, 5.41) is 11.1. The molecule has 0 radical (unpaired) electrons. The third kappa shape index (κ3) is 1.52. The van der Waals surface area contributed by atoms with Crippen molar-refractivity contribution in [1.82, 2.24) is 0 Å². The zero-order valence-electron chi connectivity index (χ0n) is 6.79. The van der Waals surface area contributed by atoms with E-state index in [-0.39, 0.29) is 0 Å². The number of hydrogen-bond acceptors (Lipinski definition) is 1. The van der Waals surface area contributed by atoms with Crippen LogP contribution in [0.5, 0.6) is 0 Å². The van der Waals surface area contributed by atoms with Crippen LogP contribution in [0, 0.1) is 14.9 Å². The van der Waals surface area contributed by atoms with E-state index in [2.05, 4.69) is 34.7 Å². The lowest BCUT2D eigenvalue weighted by atomic mass is 10.1. The average molecular weight is 279 g/mol. The molecular formula is C11H6IN. The van der Waals surface area contributed by atoms with Gasteiger partial charge in [0.1, 0.15) is 6.07 Å². The molecule has 0 heterocycles. The summed E-state index contributed by atoms with van der Waals surface area (Å²) in [6.45, 7) is 0. The van der Waals surface area contributed by atoms with Gasteiger partial charge in [-0.1, -0.05) is 24.3 Å². The van der Waals surface area contributed by atoms with Gasteiger partial charge < -0.3 is 0 Å². The summed E-state index contributed by atoms with van der Waals surface area (Å²) < 4.78 is 1.01. The molecular weight excluding hydrogens is 273 g/mol. The first-order valence-electron chi connectivity index (χ1n) is 3.89. The summed E-state index contributed by atoms with van der Waals surface area (Å²) >= 11 is 2.19. The molecule has 0 aliphatic heterocycles. The molecule has 2 heteroatoms. The Kier molecular flexibility index (Phi) is 2.19. The molecule has 0 aromatic heterocycles. The lowest BCUT2D eigenvalue weighted by molar-refractivity contribution is 1.48. The molecule has 13 heavy (non-hydrogen) atoms. The fourth-order valence-corrected chi connectivity index (χ4v) is 1.91. The van der Waals surface area contributed by atoms with E-state index in [1.807, 2.05) is 30.3 Å². The van der Waals surface area contributed by atoms with Crippen LogP contribution in [0.1, 0.15) is 5.56 Å². The maximum atomic E-state index is 8.82. The topological polar surface area (TPSA) is 23.8 Å². The third-order valence-electron chi connectivity index (χ3n) is 1.96. The predicted octanol–water partition coefficient (Wildman–Crippen LogP) is 3.32. The standard InChI is InChI=1S/C11H6IN/c12-11-6-9-4-2-1-3-8(9)5-10(11)7-13/h1-6H. The van der Waals surface area contributed by atoms with Gasteiger partial charge in [0.15, 0.2) is 0 Å². The monoisotopic (exact) mass is 279 g/mol. The van der Waals surface area contributed by atoms with Crippen LogP contribution in [0.15, 0.2) is 36.4 Å². The molecule has 2 rings (SSSR count). The van der Waals surface area contributed by atoms with Crippen LogP contribution in [0.3, 0.4) is 0 Å². The molecule has 0 saturated heterocycles. The predicted molar refractivity (Wildman–Crippen MR) is 61.4 cm³/mol. The van der Waals surface area contributed by atoms with Crippen molar-refractivity contribution >= 4 is 33.4 Å². The minimum Gasteiger partial charge on any atom is -0.192 e. The molecule has 0 saturated carbocycles. The van der Waals surface area contributed by atoms with E-state index >= 15 is 0 Å². The number of nitriles is 1. The van der Waals surface area contributed by atoms with E-state index in [4.69, 9.17) is 5.26 Å². The minimum atomic E-state index is 0.749. The maximum absolute atomic E-state index is 8.82.